The van der Waals surface area contributed by atoms with E-state index in [1.165, 1.54) is 0 Å². The first kappa shape index (κ1) is 30.4. The number of rotatable bonds is 9. The predicted molar refractivity (Wildman–Crippen MR) is 149 cm³/mol. The van der Waals surface area contributed by atoms with Gasteiger partial charge in [0.15, 0.2) is 0 Å². The summed E-state index contributed by atoms with van der Waals surface area (Å²) in [5.41, 5.74) is -1.63. The van der Waals surface area contributed by atoms with Crippen LogP contribution in [0.2, 0.25) is 6.32 Å². The fraction of sp³-hybridized carbons (Fsp3) is 0.724. The highest BCUT2D eigenvalue weighted by molar-refractivity contribution is 6.45. The van der Waals surface area contributed by atoms with Crippen molar-refractivity contribution in [3.63, 3.8) is 0 Å². The third kappa shape index (κ3) is 7.10. The lowest BCUT2D eigenvalue weighted by Gasteiger charge is -2.37. The molecule has 8 nitrogen and oxygen atoms in total. The van der Waals surface area contributed by atoms with Crippen molar-refractivity contribution in [2.75, 3.05) is 20.6 Å². The Bertz CT molecular complexity index is 946. The molecule has 2 atom stereocenters. The van der Waals surface area contributed by atoms with Gasteiger partial charge in [0.1, 0.15) is 17.7 Å². The van der Waals surface area contributed by atoms with Crippen LogP contribution in [0.3, 0.4) is 0 Å². The first-order valence-electron chi connectivity index (χ1n) is 13.8. The number of hydrogen-bond acceptors (Lipinski definition) is 7. The van der Waals surface area contributed by atoms with Gasteiger partial charge in [0.25, 0.3) is 0 Å². The topological polar surface area (TPSA) is 77.5 Å². The molecule has 2 heterocycles. The summed E-state index contributed by atoms with van der Waals surface area (Å²) in [6, 6.07) is 9.62. The Morgan fingerprint density at radius 2 is 1.66 bits per heavy atom. The molecule has 9 heteroatoms. The van der Waals surface area contributed by atoms with Crippen LogP contribution in [0.1, 0.15) is 79.7 Å². The van der Waals surface area contributed by atoms with Crippen molar-refractivity contribution in [1.82, 2.24) is 9.80 Å². The fourth-order valence-electron chi connectivity index (χ4n) is 5.06. The zero-order valence-electron chi connectivity index (χ0n) is 24.8. The van der Waals surface area contributed by atoms with Crippen molar-refractivity contribution < 1.29 is 28.4 Å². The van der Waals surface area contributed by atoms with E-state index in [4.69, 9.17) is 18.8 Å². The van der Waals surface area contributed by atoms with Crippen LogP contribution >= 0.6 is 0 Å². The van der Waals surface area contributed by atoms with Gasteiger partial charge in [-0.15, -0.1) is 0 Å². The first-order chi connectivity index (χ1) is 17.6. The van der Waals surface area contributed by atoms with Gasteiger partial charge in [0.05, 0.1) is 11.2 Å². The number of nitrogens with zero attached hydrogens (tertiary/aromatic N) is 2. The molecular weight excluding hydrogens is 483 g/mol. The van der Waals surface area contributed by atoms with Crippen molar-refractivity contribution in [2.24, 2.45) is 0 Å². The van der Waals surface area contributed by atoms with E-state index in [2.05, 4.69) is 4.90 Å². The number of unbranched alkanes of at least 4 members (excludes halogenated alkanes) is 1. The number of ether oxygens (including phenoxy) is 2. The van der Waals surface area contributed by atoms with Crippen molar-refractivity contribution in [2.45, 2.75) is 115 Å². The molecule has 0 bridgehead atoms. The van der Waals surface area contributed by atoms with Crippen LogP contribution in [-0.4, -0.2) is 78.0 Å². The highest BCUT2D eigenvalue weighted by Gasteiger charge is 2.56. The van der Waals surface area contributed by atoms with Gasteiger partial charge in [0.2, 0.25) is 0 Å². The Balaban J connectivity index is 1.78. The number of carbonyl (C=O) groups is 2. The maximum absolute atomic E-state index is 13.9. The molecular formula is C29H47BN2O6. The lowest BCUT2D eigenvalue weighted by atomic mass is 9.80. The maximum Gasteiger partial charge on any atom is 0.457 e. The summed E-state index contributed by atoms with van der Waals surface area (Å²) in [5, 5.41) is 0. The molecule has 1 amide bonds. The van der Waals surface area contributed by atoms with Gasteiger partial charge in [-0.05, 0) is 87.3 Å². The van der Waals surface area contributed by atoms with E-state index < -0.39 is 17.2 Å². The lowest BCUT2D eigenvalue weighted by Crippen LogP contribution is -2.55. The van der Waals surface area contributed by atoms with Gasteiger partial charge < -0.3 is 23.7 Å². The number of esters is 1. The molecule has 2 saturated heterocycles. The minimum absolute atomic E-state index is 0.00916. The van der Waals surface area contributed by atoms with Crippen molar-refractivity contribution in [1.29, 1.82) is 0 Å². The standard InChI is InChI=1S/C29H47BN2O6/c1-26(2,3)36-25(34)32-20-23(31(8)9)19-29(32,24(33)35-21-22-15-11-10-12-16-22)17-13-14-18-30-37-27(4,5)28(6,7)38-30/h10-12,15-16,23H,13-14,17-21H2,1-9H3. The molecule has 38 heavy (non-hydrogen) atoms. The maximum atomic E-state index is 13.9. The summed E-state index contributed by atoms with van der Waals surface area (Å²) in [7, 11) is 3.66. The lowest BCUT2D eigenvalue weighted by molar-refractivity contribution is -0.158. The molecule has 1 aromatic carbocycles. The Morgan fingerprint density at radius 3 is 2.21 bits per heavy atom. The molecule has 212 valence electrons. The summed E-state index contributed by atoms with van der Waals surface area (Å²) in [6.07, 6.45) is 2.70. The largest absolute Gasteiger partial charge is 0.459 e. The molecule has 0 radical (unpaired) electrons. The summed E-state index contributed by atoms with van der Waals surface area (Å²) >= 11 is 0. The van der Waals surface area contributed by atoms with Crippen LogP contribution in [-0.2, 0) is 30.2 Å². The zero-order chi connectivity index (χ0) is 28.4. The van der Waals surface area contributed by atoms with Crippen LogP contribution in [0, 0.1) is 0 Å². The average molecular weight is 531 g/mol. The van der Waals surface area contributed by atoms with Crippen LogP contribution in [0.5, 0.6) is 0 Å². The van der Waals surface area contributed by atoms with E-state index in [9.17, 15) is 9.59 Å². The summed E-state index contributed by atoms with van der Waals surface area (Å²) in [6.45, 7) is 14.3. The van der Waals surface area contributed by atoms with Crippen LogP contribution in [0.25, 0.3) is 0 Å². The second-order valence-electron chi connectivity index (χ2n) is 12.9. The Hall–Kier alpha value is -2.10. The normalized spacial score (nSPS) is 24.6. The molecule has 0 spiro atoms. The number of carbonyl (C=O) groups excluding carboxylic acids is 2. The van der Waals surface area contributed by atoms with Gasteiger partial charge in [-0.1, -0.05) is 43.2 Å². The van der Waals surface area contributed by atoms with E-state index in [0.29, 0.717) is 32.1 Å². The number of hydrogen-bond donors (Lipinski definition) is 0. The van der Waals surface area contributed by atoms with Crippen molar-refractivity contribution in [3.05, 3.63) is 35.9 Å². The van der Waals surface area contributed by atoms with Crippen LogP contribution in [0.15, 0.2) is 30.3 Å². The number of likely N-dealkylation sites (N-methyl/N-ethyl adjacent to an activating group) is 1. The Labute approximate surface area is 229 Å². The number of amides is 1. The van der Waals surface area contributed by atoms with E-state index in [1.54, 1.807) is 4.90 Å². The zero-order valence-corrected chi connectivity index (χ0v) is 24.8. The molecule has 0 aliphatic carbocycles. The van der Waals surface area contributed by atoms with Crippen LogP contribution in [0.4, 0.5) is 4.79 Å². The fourth-order valence-corrected chi connectivity index (χ4v) is 5.06. The van der Waals surface area contributed by atoms with Gasteiger partial charge >= 0.3 is 19.2 Å². The van der Waals surface area contributed by atoms with E-state index in [0.717, 1.165) is 12.0 Å². The van der Waals surface area contributed by atoms with E-state index >= 15 is 0 Å². The third-order valence-electron chi connectivity index (χ3n) is 8.00. The Morgan fingerprint density at radius 1 is 1.05 bits per heavy atom. The number of benzene rings is 1. The van der Waals surface area contributed by atoms with Gasteiger partial charge in [-0.3, -0.25) is 4.90 Å². The minimum atomic E-state index is -1.11. The molecule has 0 aromatic heterocycles. The number of likely N-dealkylation sites (tertiary alicyclic amines) is 1. The summed E-state index contributed by atoms with van der Waals surface area (Å²) in [5.74, 6) is -0.382. The molecule has 0 N–H and O–H groups in total. The molecule has 2 unspecified atom stereocenters. The summed E-state index contributed by atoms with van der Waals surface area (Å²) < 4.78 is 24.0. The molecule has 3 rings (SSSR count). The van der Waals surface area contributed by atoms with Crippen LogP contribution < -0.4 is 0 Å². The third-order valence-corrected chi connectivity index (χ3v) is 8.00. The summed E-state index contributed by atoms with van der Waals surface area (Å²) in [4.78, 5) is 31.0. The van der Waals surface area contributed by atoms with Gasteiger partial charge in [-0.2, -0.15) is 0 Å². The molecule has 2 fully saturated rings. The Kier molecular flexibility index (Phi) is 9.27. The molecule has 2 aliphatic rings. The van der Waals surface area contributed by atoms with E-state index in [1.807, 2.05) is 92.9 Å². The molecule has 0 saturated carbocycles. The SMILES string of the molecule is CN(C)C1CN(C(=O)OC(C)(C)C)C(CCCCB2OC(C)(C)C(C)(C)O2)(C(=O)OCc2ccccc2)C1. The average Bonchev–Trinajstić information content (AvgIpc) is 3.29. The highest BCUT2D eigenvalue weighted by Crippen LogP contribution is 2.40. The monoisotopic (exact) mass is 530 g/mol. The van der Waals surface area contributed by atoms with E-state index in [-0.39, 0.29) is 36.9 Å². The molecule has 1 aromatic rings. The predicted octanol–water partition coefficient (Wildman–Crippen LogP) is 5.30. The minimum Gasteiger partial charge on any atom is -0.459 e. The van der Waals surface area contributed by atoms with Gasteiger partial charge in [0, 0.05) is 12.6 Å². The second kappa shape index (κ2) is 11.6. The second-order valence-corrected chi connectivity index (χ2v) is 12.9. The quantitative estimate of drug-likeness (QED) is 0.244. The molecule has 2 aliphatic heterocycles. The highest BCUT2D eigenvalue weighted by atomic mass is 16.7. The van der Waals surface area contributed by atoms with Gasteiger partial charge in [-0.25, -0.2) is 9.59 Å². The smallest absolute Gasteiger partial charge is 0.457 e. The van der Waals surface area contributed by atoms with Crippen molar-refractivity contribution >= 4 is 19.2 Å². The first-order valence-corrected chi connectivity index (χ1v) is 13.8. The van der Waals surface area contributed by atoms with Crippen molar-refractivity contribution in [3.8, 4) is 0 Å².